The van der Waals surface area contributed by atoms with E-state index in [1.807, 2.05) is 19.9 Å². The number of ketones is 2. The van der Waals surface area contributed by atoms with Crippen molar-refractivity contribution in [1.82, 2.24) is 0 Å². The quantitative estimate of drug-likeness (QED) is 0.367. The summed E-state index contributed by atoms with van der Waals surface area (Å²) >= 11 is 0. The second-order valence-corrected chi connectivity index (χ2v) is 8.91. The normalized spacial score (nSPS) is 34.8. The van der Waals surface area contributed by atoms with E-state index in [9.17, 15) is 14.4 Å². The van der Waals surface area contributed by atoms with Crippen molar-refractivity contribution < 1.29 is 19.1 Å². The number of carbonyl (C=O) groups is 3. The summed E-state index contributed by atoms with van der Waals surface area (Å²) in [6.45, 7) is 11.3. The van der Waals surface area contributed by atoms with Gasteiger partial charge in [-0.25, -0.2) is 0 Å². The van der Waals surface area contributed by atoms with Gasteiger partial charge in [0, 0.05) is 0 Å². The van der Waals surface area contributed by atoms with Gasteiger partial charge in [-0.05, 0) is 70.6 Å². The molecule has 2 aliphatic carbocycles. The number of esters is 1. The van der Waals surface area contributed by atoms with Crippen LogP contribution in [0.1, 0.15) is 66.2 Å². The first-order valence-corrected chi connectivity index (χ1v) is 10.2. The predicted molar refractivity (Wildman–Crippen MR) is 111 cm³/mol. The lowest BCUT2D eigenvalue weighted by Gasteiger charge is -2.58. The average molecular weight is 387 g/mol. The number of carbonyl (C=O) groups excluding carboxylic acids is 3. The fourth-order valence-corrected chi connectivity index (χ4v) is 5.53. The van der Waals surface area contributed by atoms with Crippen LogP contribution in [0.3, 0.4) is 0 Å². The van der Waals surface area contributed by atoms with E-state index >= 15 is 0 Å². The van der Waals surface area contributed by atoms with Gasteiger partial charge in [0.15, 0.2) is 5.78 Å². The maximum Gasteiger partial charge on any atom is 0.319 e. The lowest BCUT2D eigenvalue weighted by atomic mass is 9.42. The highest BCUT2D eigenvalue weighted by atomic mass is 16.5. The maximum atomic E-state index is 14.2. The minimum absolute atomic E-state index is 0.0393. The molecule has 0 spiro atoms. The second-order valence-electron chi connectivity index (χ2n) is 8.91. The van der Waals surface area contributed by atoms with E-state index in [1.54, 1.807) is 6.08 Å². The number of rotatable bonds is 6. The SMILES string of the molecule is C=CC[C@@]1(C(C)=O)C(=O)[C@@](CC=C(C)C)(C(=O)OC)C[C@H]2CC=CCC[C@@]21C. The van der Waals surface area contributed by atoms with Gasteiger partial charge < -0.3 is 4.74 Å². The van der Waals surface area contributed by atoms with Crippen molar-refractivity contribution in [2.24, 2.45) is 22.2 Å². The van der Waals surface area contributed by atoms with Crippen LogP contribution in [0.2, 0.25) is 0 Å². The third-order valence-electron chi connectivity index (χ3n) is 7.20. The summed E-state index contributed by atoms with van der Waals surface area (Å²) in [7, 11) is 1.32. The molecule has 28 heavy (non-hydrogen) atoms. The zero-order valence-electron chi connectivity index (χ0n) is 18.0. The topological polar surface area (TPSA) is 60.4 Å². The van der Waals surface area contributed by atoms with Gasteiger partial charge in [-0.2, -0.15) is 0 Å². The molecule has 0 heterocycles. The molecule has 0 aromatic rings. The Balaban J connectivity index is 2.80. The molecule has 0 aromatic carbocycles. The van der Waals surface area contributed by atoms with Crippen molar-refractivity contribution in [2.75, 3.05) is 7.11 Å². The molecule has 1 saturated carbocycles. The minimum atomic E-state index is -1.33. The molecule has 0 saturated heterocycles. The molecular formula is C24H34O4. The number of fused-ring (bicyclic) bond motifs is 1. The Kier molecular flexibility index (Phi) is 6.52. The smallest absolute Gasteiger partial charge is 0.319 e. The maximum absolute atomic E-state index is 14.2. The molecular weight excluding hydrogens is 352 g/mol. The van der Waals surface area contributed by atoms with Crippen LogP contribution in [0.5, 0.6) is 0 Å². The Morgan fingerprint density at radius 3 is 2.46 bits per heavy atom. The van der Waals surface area contributed by atoms with E-state index in [0.29, 0.717) is 6.42 Å². The van der Waals surface area contributed by atoms with E-state index in [4.69, 9.17) is 4.74 Å². The third kappa shape index (κ3) is 3.21. The largest absolute Gasteiger partial charge is 0.468 e. The molecule has 2 aliphatic rings. The van der Waals surface area contributed by atoms with Gasteiger partial charge in [-0.15, -0.1) is 6.58 Å². The predicted octanol–water partition coefficient (Wildman–Crippen LogP) is 4.99. The number of methoxy groups -OCH3 is 1. The lowest BCUT2D eigenvalue weighted by Crippen LogP contribution is -2.65. The number of allylic oxidation sites excluding steroid dienone is 5. The molecule has 2 rings (SSSR count). The molecule has 0 radical (unpaired) electrons. The monoisotopic (exact) mass is 386 g/mol. The molecule has 0 aliphatic heterocycles. The molecule has 0 unspecified atom stereocenters. The van der Waals surface area contributed by atoms with Crippen molar-refractivity contribution in [3.8, 4) is 0 Å². The van der Waals surface area contributed by atoms with Gasteiger partial charge in [0.2, 0.25) is 0 Å². The Bertz CT molecular complexity index is 727. The number of Topliss-reactive ketones (excluding diaryl/α,β-unsaturated/α-hetero) is 2. The number of hydrogen-bond donors (Lipinski definition) is 0. The molecule has 4 nitrogen and oxygen atoms in total. The van der Waals surface area contributed by atoms with E-state index in [-0.39, 0.29) is 30.3 Å². The Morgan fingerprint density at radius 2 is 1.93 bits per heavy atom. The van der Waals surface area contributed by atoms with Crippen LogP contribution < -0.4 is 0 Å². The van der Waals surface area contributed by atoms with Gasteiger partial charge in [-0.3, -0.25) is 14.4 Å². The summed E-state index contributed by atoms with van der Waals surface area (Å²) < 4.78 is 5.15. The van der Waals surface area contributed by atoms with Crippen molar-refractivity contribution >= 4 is 17.5 Å². The van der Waals surface area contributed by atoms with Gasteiger partial charge in [0.1, 0.15) is 11.2 Å². The highest BCUT2D eigenvalue weighted by molar-refractivity contribution is 6.17. The lowest BCUT2D eigenvalue weighted by molar-refractivity contribution is -0.182. The van der Waals surface area contributed by atoms with Crippen LogP contribution >= 0.6 is 0 Å². The van der Waals surface area contributed by atoms with E-state index in [1.165, 1.54) is 14.0 Å². The van der Waals surface area contributed by atoms with E-state index in [0.717, 1.165) is 24.8 Å². The zero-order valence-corrected chi connectivity index (χ0v) is 18.0. The molecule has 0 bridgehead atoms. The van der Waals surface area contributed by atoms with Crippen LogP contribution in [0.15, 0.2) is 36.5 Å². The Morgan fingerprint density at radius 1 is 1.25 bits per heavy atom. The fraction of sp³-hybridized carbons (Fsp3) is 0.625. The molecule has 154 valence electrons. The first-order chi connectivity index (χ1) is 13.1. The van der Waals surface area contributed by atoms with Crippen LogP contribution in [-0.4, -0.2) is 24.6 Å². The fourth-order valence-electron chi connectivity index (χ4n) is 5.53. The second kappa shape index (κ2) is 8.18. The first kappa shape index (κ1) is 22.3. The summed E-state index contributed by atoms with van der Waals surface area (Å²) in [4.78, 5) is 40.4. The van der Waals surface area contributed by atoms with Crippen molar-refractivity contribution in [1.29, 1.82) is 0 Å². The molecule has 0 amide bonds. The summed E-state index contributed by atoms with van der Waals surface area (Å²) in [5.74, 6) is -0.938. The van der Waals surface area contributed by atoms with Crippen LogP contribution in [-0.2, 0) is 19.1 Å². The third-order valence-corrected chi connectivity index (χ3v) is 7.20. The van der Waals surface area contributed by atoms with Crippen molar-refractivity contribution in [2.45, 2.75) is 66.2 Å². The number of hydrogen-bond acceptors (Lipinski definition) is 4. The van der Waals surface area contributed by atoms with Crippen molar-refractivity contribution in [3.63, 3.8) is 0 Å². The summed E-state index contributed by atoms with van der Waals surface area (Å²) in [5.41, 5.74) is -2.07. The molecule has 0 aromatic heterocycles. The van der Waals surface area contributed by atoms with Crippen LogP contribution in [0.25, 0.3) is 0 Å². The minimum Gasteiger partial charge on any atom is -0.468 e. The molecule has 4 atom stereocenters. The van der Waals surface area contributed by atoms with Crippen LogP contribution in [0.4, 0.5) is 0 Å². The zero-order chi connectivity index (χ0) is 21.2. The van der Waals surface area contributed by atoms with E-state index < -0.39 is 22.2 Å². The standard InChI is InChI=1S/C24H34O4/c1-7-13-24(18(4)25)20(26)23(21(27)28-6,15-12-17(2)3)16-19-11-9-8-10-14-22(19,24)5/h7-9,12,19H,1,10-11,13-16H2,2-6H3/t19-,22+,23+,24-/m1/s1. The van der Waals surface area contributed by atoms with E-state index in [2.05, 4.69) is 25.7 Å². The van der Waals surface area contributed by atoms with Gasteiger partial charge in [0.05, 0.1) is 12.5 Å². The summed E-state index contributed by atoms with van der Waals surface area (Å²) in [6, 6.07) is 0. The molecule has 1 fully saturated rings. The van der Waals surface area contributed by atoms with Gasteiger partial charge in [-0.1, -0.05) is 36.8 Å². The van der Waals surface area contributed by atoms with Gasteiger partial charge in [0.25, 0.3) is 0 Å². The average Bonchev–Trinajstić information content (AvgIpc) is 2.83. The highest BCUT2D eigenvalue weighted by Gasteiger charge is 2.69. The van der Waals surface area contributed by atoms with Crippen molar-refractivity contribution in [3.05, 3.63) is 36.5 Å². The van der Waals surface area contributed by atoms with Crippen LogP contribution in [0, 0.1) is 22.2 Å². The Hall–Kier alpha value is -1.97. The van der Waals surface area contributed by atoms with Gasteiger partial charge >= 0.3 is 5.97 Å². The summed E-state index contributed by atoms with van der Waals surface area (Å²) in [6.07, 6.45) is 11.1. The number of ether oxygens (including phenoxy) is 1. The molecule has 4 heteroatoms. The first-order valence-electron chi connectivity index (χ1n) is 10.2. The highest BCUT2D eigenvalue weighted by Crippen LogP contribution is 2.64. The Labute approximate surface area is 169 Å². The molecule has 0 N–H and O–H groups in total. The summed E-state index contributed by atoms with van der Waals surface area (Å²) in [5, 5.41) is 0.